The Labute approximate surface area is 568 Å². The van der Waals surface area contributed by atoms with Crippen LogP contribution >= 0.6 is 15.6 Å². The van der Waals surface area contributed by atoms with Crippen molar-refractivity contribution in [1.82, 2.24) is 0 Å². The van der Waals surface area contributed by atoms with Gasteiger partial charge in [0, 0.05) is 25.7 Å². The molecule has 0 fully saturated rings. The molecule has 0 amide bonds. The van der Waals surface area contributed by atoms with E-state index in [0.717, 1.165) is 120 Å². The van der Waals surface area contributed by atoms with E-state index in [2.05, 4.69) is 55.4 Å². The van der Waals surface area contributed by atoms with Crippen molar-refractivity contribution in [1.29, 1.82) is 0 Å². The number of carbonyl (C=O) groups excluding carboxylic acids is 4. The average molecular weight is 1370 g/mol. The first-order valence-corrected chi connectivity index (χ1v) is 41.3. The number of ether oxygens (including phenoxy) is 4. The van der Waals surface area contributed by atoms with Gasteiger partial charge in [-0.3, -0.25) is 37.3 Å². The maximum Gasteiger partial charge on any atom is 0.472 e. The Balaban J connectivity index is 5.24. The average Bonchev–Trinajstić information content (AvgIpc) is 3.74. The summed E-state index contributed by atoms with van der Waals surface area (Å²) in [4.78, 5) is 72.7. The van der Waals surface area contributed by atoms with Gasteiger partial charge in [-0.1, -0.05) is 319 Å². The number of hydrogen-bond donors (Lipinski definition) is 3. The number of phosphoric acid groups is 2. The van der Waals surface area contributed by atoms with Gasteiger partial charge in [0.05, 0.1) is 26.4 Å². The van der Waals surface area contributed by atoms with Crippen molar-refractivity contribution in [3.05, 3.63) is 0 Å². The van der Waals surface area contributed by atoms with Crippen LogP contribution in [0.1, 0.15) is 370 Å². The summed E-state index contributed by atoms with van der Waals surface area (Å²) in [6.45, 7) is 14.2. The predicted octanol–water partition coefficient (Wildman–Crippen LogP) is 21.3. The molecule has 0 aromatic carbocycles. The molecule has 0 rings (SSSR count). The zero-order valence-electron chi connectivity index (χ0n) is 60.9. The van der Waals surface area contributed by atoms with Gasteiger partial charge < -0.3 is 33.8 Å². The third-order valence-electron chi connectivity index (χ3n) is 17.8. The minimum atomic E-state index is -4.96. The van der Waals surface area contributed by atoms with Crippen LogP contribution in [-0.4, -0.2) is 96.7 Å². The molecule has 552 valence electrons. The van der Waals surface area contributed by atoms with Gasteiger partial charge in [0.1, 0.15) is 19.3 Å². The molecule has 0 radical (unpaired) electrons. The SMILES string of the molecule is CCC(C)CCCCCCCCCCC(=O)O[C@H](COC(=O)CCCCCCCCCCCCC(C)C)COP(=O)(O)OC[C@@H](O)COP(=O)(O)OC[C@@H](COC(=O)CCCCCCCCC(C)CC)OC(=O)CCCCCCCCCCCCCCCCCC(C)C. The van der Waals surface area contributed by atoms with E-state index in [-0.39, 0.29) is 25.7 Å². The monoisotopic (exact) mass is 1370 g/mol. The molecule has 0 bridgehead atoms. The summed E-state index contributed by atoms with van der Waals surface area (Å²) in [5.41, 5.74) is 0. The van der Waals surface area contributed by atoms with Gasteiger partial charge in [-0.25, -0.2) is 9.13 Å². The fraction of sp³-hybridized carbons (Fsp3) is 0.946. The normalized spacial score (nSPS) is 14.8. The summed E-state index contributed by atoms with van der Waals surface area (Å²) in [6.07, 6.45) is 47.2. The topological polar surface area (TPSA) is 237 Å². The Bertz CT molecular complexity index is 1840. The first-order chi connectivity index (χ1) is 44.7. The Morgan fingerprint density at radius 2 is 0.516 bits per heavy atom. The Hall–Kier alpha value is -1.94. The molecule has 0 spiro atoms. The summed E-state index contributed by atoms with van der Waals surface area (Å²) in [5.74, 6) is 0.936. The first kappa shape index (κ1) is 91.1. The van der Waals surface area contributed by atoms with E-state index >= 15 is 0 Å². The van der Waals surface area contributed by atoms with Crippen molar-refractivity contribution in [3.8, 4) is 0 Å². The summed E-state index contributed by atoms with van der Waals surface area (Å²) < 4.78 is 68.4. The number of unbranched alkanes of at least 4 members (excludes halogenated alkanes) is 35. The maximum atomic E-state index is 13.1. The third kappa shape index (κ3) is 65.8. The Kier molecular flexibility index (Phi) is 62.2. The number of rotatable bonds is 71. The highest BCUT2D eigenvalue weighted by molar-refractivity contribution is 7.47. The number of hydrogen-bond acceptors (Lipinski definition) is 15. The maximum absolute atomic E-state index is 13.1. The number of esters is 4. The largest absolute Gasteiger partial charge is 0.472 e. The molecule has 7 atom stereocenters. The van der Waals surface area contributed by atoms with E-state index in [9.17, 15) is 43.2 Å². The molecule has 0 saturated carbocycles. The Morgan fingerprint density at radius 3 is 0.763 bits per heavy atom. The smallest absolute Gasteiger partial charge is 0.462 e. The number of aliphatic hydroxyl groups is 1. The fourth-order valence-corrected chi connectivity index (χ4v) is 12.7. The van der Waals surface area contributed by atoms with E-state index in [1.54, 1.807) is 0 Å². The molecular formula is C74H144O17P2. The van der Waals surface area contributed by atoms with Crippen LogP contribution in [0.4, 0.5) is 0 Å². The van der Waals surface area contributed by atoms with E-state index in [0.29, 0.717) is 25.7 Å². The van der Waals surface area contributed by atoms with Gasteiger partial charge in [0.15, 0.2) is 12.2 Å². The molecule has 0 aliphatic heterocycles. The minimum absolute atomic E-state index is 0.104. The van der Waals surface area contributed by atoms with Crippen LogP contribution in [-0.2, 0) is 65.4 Å². The molecule has 4 unspecified atom stereocenters. The van der Waals surface area contributed by atoms with Gasteiger partial charge in [0.2, 0.25) is 0 Å². The highest BCUT2D eigenvalue weighted by Crippen LogP contribution is 2.45. The molecule has 17 nitrogen and oxygen atoms in total. The van der Waals surface area contributed by atoms with Gasteiger partial charge >= 0.3 is 39.5 Å². The number of carbonyl (C=O) groups is 4. The number of phosphoric ester groups is 2. The standard InChI is InChI=1S/C74H144O17P2/c1-9-66(7)52-44-36-28-24-25-31-41-49-57-74(79)91-69(60-84-71(76)54-46-38-29-22-19-18-21-27-35-43-51-65(5)6)62-88-92(80,81)86-58-68(75)59-87-93(82,83)89-63-70(61-85-72(77)55-47-39-33-32-37-45-53-67(8)10-2)90-73(78)56-48-40-30-23-17-15-13-11-12-14-16-20-26-34-42-50-64(3)4/h64-70,75H,9-63H2,1-8H3,(H,80,81)(H,82,83)/t66?,67?,68-,69-,70-/m1/s1. The molecular weight excluding hydrogens is 1220 g/mol. The van der Waals surface area contributed by atoms with Crippen LogP contribution in [0.25, 0.3) is 0 Å². The van der Waals surface area contributed by atoms with Crippen molar-refractivity contribution in [2.45, 2.75) is 388 Å². The summed E-state index contributed by atoms with van der Waals surface area (Å²) in [5, 5.41) is 10.6. The van der Waals surface area contributed by atoms with Crippen LogP contribution in [0, 0.1) is 23.7 Å². The van der Waals surface area contributed by atoms with E-state index in [1.807, 2.05) is 0 Å². The molecule has 0 heterocycles. The van der Waals surface area contributed by atoms with Crippen molar-refractivity contribution >= 4 is 39.5 Å². The minimum Gasteiger partial charge on any atom is -0.462 e. The summed E-state index contributed by atoms with van der Waals surface area (Å²) in [7, 11) is -9.91. The van der Waals surface area contributed by atoms with Crippen molar-refractivity contribution in [2.75, 3.05) is 39.6 Å². The lowest BCUT2D eigenvalue weighted by molar-refractivity contribution is -0.161. The van der Waals surface area contributed by atoms with Gasteiger partial charge in [-0.2, -0.15) is 0 Å². The zero-order chi connectivity index (χ0) is 68.9. The van der Waals surface area contributed by atoms with E-state index in [1.165, 1.54) is 167 Å². The molecule has 3 N–H and O–H groups in total. The lowest BCUT2D eigenvalue weighted by Crippen LogP contribution is -2.30. The molecule has 0 aliphatic rings. The van der Waals surface area contributed by atoms with E-state index < -0.39 is 97.5 Å². The molecule has 0 saturated heterocycles. The van der Waals surface area contributed by atoms with Crippen molar-refractivity contribution in [3.63, 3.8) is 0 Å². The highest BCUT2D eigenvalue weighted by atomic mass is 31.2. The van der Waals surface area contributed by atoms with Gasteiger partial charge in [-0.15, -0.1) is 0 Å². The molecule has 93 heavy (non-hydrogen) atoms. The third-order valence-corrected chi connectivity index (χ3v) is 19.7. The molecule has 0 aromatic heterocycles. The fourth-order valence-electron chi connectivity index (χ4n) is 11.1. The van der Waals surface area contributed by atoms with Gasteiger partial charge in [0.25, 0.3) is 0 Å². The zero-order valence-corrected chi connectivity index (χ0v) is 62.7. The highest BCUT2D eigenvalue weighted by Gasteiger charge is 2.30. The van der Waals surface area contributed by atoms with E-state index in [4.69, 9.17) is 37.0 Å². The van der Waals surface area contributed by atoms with Gasteiger partial charge in [-0.05, 0) is 49.4 Å². The van der Waals surface area contributed by atoms with Crippen molar-refractivity contribution < 1.29 is 80.2 Å². The molecule has 0 aliphatic carbocycles. The molecule has 0 aromatic rings. The Morgan fingerprint density at radius 1 is 0.301 bits per heavy atom. The summed E-state index contributed by atoms with van der Waals surface area (Å²) >= 11 is 0. The predicted molar refractivity (Wildman–Crippen MR) is 377 cm³/mol. The van der Waals surface area contributed by atoms with Crippen LogP contribution in [0.2, 0.25) is 0 Å². The lowest BCUT2D eigenvalue weighted by Gasteiger charge is -2.21. The number of aliphatic hydroxyl groups excluding tert-OH is 1. The second-order valence-corrected chi connectivity index (χ2v) is 31.0. The second kappa shape index (κ2) is 63.5. The second-order valence-electron chi connectivity index (χ2n) is 28.1. The van der Waals surface area contributed by atoms with Crippen molar-refractivity contribution in [2.24, 2.45) is 23.7 Å². The van der Waals surface area contributed by atoms with Crippen LogP contribution < -0.4 is 0 Å². The van der Waals surface area contributed by atoms with Crippen LogP contribution in [0.15, 0.2) is 0 Å². The summed E-state index contributed by atoms with van der Waals surface area (Å²) in [6, 6.07) is 0. The van der Waals surface area contributed by atoms with Crippen LogP contribution in [0.5, 0.6) is 0 Å². The molecule has 19 heteroatoms. The first-order valence-electron chi connectivity index (χ1n) is 38.3. The van der Waals surface area contributed by atoms with Crippen LogP contribution in [0.3, 0.4) is 0 Å². The lowest BCUT2D eigenvalue weighted by atomic mass is 9.99. The quantitative estimate of drug-likeness (QED) is 0.0222.